The summed E-state index contributed by atoms with van der Waals surface area (Å²) in [5, 5.41) is 42.9. The maximum Gasteiger partial charge on any atom is 2.00 e. The van der Waals surface area contributed by atoms with Gasteiger partial charge in [0.2, 0.25) is 0 Å². The molecule has 135 heavy (non-hydrogen) atoms. The van der Waals surface area contributed by atoms with Crippen LogP contribution in [-0.2, 0) is 118 Å². The van der Waals surface area contributed by atoms with E-state index in [1.54, 1.807) is 105 Å². The first-order chi connectivity index (χ1) is 62.1. The minimum atomic E-state index is -4.70. The van der Waals surface area contributed by atoms with Crippen LogP contribution < -0.4 is 10.00 Å². The van der Waals surface area contributed by atoms with Crippen molar-refractivity contribution in [3.8, 4) is 92.2 Å². The van der Waals surface area contributed by atoms with Crippen LogP contribution in [0.1, 0.15) is 151 Å². The summed E-state index contributed by atoms with van der Waals surface area (Å²) < 4.78 is 153. The number of benzene rings is 3. The third-order valence-electron chi connectivity index (χ3n) is 20.4. The molecule has 0 saturated heterocycles. The number of halogens is 11. The van der Waals surface area contributed by atoms with Crippen LogP contribution in [0, 0.1) is 131 Å². The third kappa shape index (κ3) is 23.4. The summed E-state index contributed by atoms with van der Waals surface area (Å²) in [4.78, 5) is 60.2. The fraction of sp³-hybridized carbons (Fsp3) is 0.200. The molecule has 13 aromatic heterocycles. The smallest absolute Gasteiger partial charge is 0.408 e. The van der Waals surface area contributed by atoms with Crippen LogP contribution in [0.3, 0.4) is 0 Å². The molecule has 0 fully saturated rings. The van der Waals surface area contributed by atoms with Crippen molar-refractivity contribution in [2.45, 2.75) is 109 Å². The van der Waals surface area contributed by atoms with E-state index in [2.05, 4.69) is 123 Å². The molecular weight excluding hydrogens is 2480 g/mol. The van der Waals surface area contributed by atoms with Gasteiger partial charge in [0.1, 0.15) is 23.8 Å². The van der Waals surface area contributed by atoms with E-state index >= 15 is 4.39 Å². The van der Waals surface area contributed by atoms with Crippen LogP contribution in [0.15, 0.2) is 176 Å². The van der Waals surface area contributed by atoms with Crippen molar-refractivity contribution >= 4 is 11.4 Å². The second kappa shape index (κ2) is 43.2. The van der Waals surface area contributed by atoms with Gasteiger partial charge < -0.3 is 63.8 Å². The molecule has 0 unspecified atom stereocenters. The molecule has 0 saturated carbocycles. The first kappa shape index (κ1) is 105. The van der Waals surface area contributed by atoms with E-state index in [1.165, 1.54) is 21.4 Å². The van der Waals surface area contributed by atoms with Crippen molar-refractivity contribution in [1.29, 1.82) is 15.8 Å². The molecule has 0 aliphatic heterocycles. The standard InChI is InChI=1S/C28H27F2N7.C24H14F2N6.C22H14F2N6.C21H13F5N6.4Pt/c1-27(2,3)26-32-16-37(35-26)23-11-9-10-21(34-23)28(4,5)22-15-17(36(7)8)14-20(33-22)18-12-13-19(29)25(31-6)24(18)30;1-24(2,21-6-3-5-18(30-21)16-10-9-15(25)11-17(16)26)22-7-4-8-23(31-22)32-14-29-19(12-27)20(32)13-28;1-22(2,19-8-4-6-17(27-19)21-28-20(12-25)29-30-21)18-7-3-5-16(26-18)14-10-9-13(23)11-15(14)24;1-20(2,14-6-3-5-13(28-14)12-9-10-16(22)30-18(12)23)15-7-4-8-17(29-15)32-11-27-19(31-32)21(24,25)26;;;;/h9-11,13-15H,1-5,7-8H3;3-9,11H,1-2H3;3-9,11H,1-2H3;3-8,10H,1-2H3;;;;/q4*-2;4*+2. The maximum atomic E-state index is 15.1. The topological polar surface area (TPSA) is 314 Å². The molecule has 3 aromatic carbocycles. The maximum absolute atomic E-state index is 15.1. The van der Waals surface area contributed by atoms with Crippen molar-refractivity contribution in [3.05, 3.63) is 352 Å². The Balaban J connectivity index is 0.000000200. The van der Waals surface area contributed by atoms with Crippen molar-refractivity contribution in [2.24, 2.45) is 0 Å². The van der Waals surface area contributed by atoms with Crippen LogP contribution in [-0.4, -0.2) is 108 Å². The van der Waals surface area contributed by atoms with Gasteiger partial charge in [-0.2, -0.15) is 18.4 Å². The SMILES string of the molecule is CC(C)(c1cccc(-c2[c-]cc(F)cc2F)n1)c1cccc(-n2[c-]nc(C#N)c2C#N)n1.CC(C)(c1cccc(-c2[c-]cc(F)nc2F)n1)c1cccc(-n2[c-]nc(C(F)(F)F)n2)n1.CC(C)(c1cccc(-c2nc(C#N)n[n-]2)n1)c1cccc(-c2[c-]cc(F)cc2F)n1.[C-]#[N+]c1c(F)c[c-]c(-c2cc(N(C)C)cc(C(C)(C)c3cccc(-n4[c-]nc(C(C)(C)C)n4)n3)n2)c1F.[Pt+2].[Pt+2].[Pt+2].[Pt+2]. The molecule has 0 amide bonds. The predicted octanol–water partition coefficient (Wildman–Crippen LogP) is 18.3. The minimum Gasteiger partial charge on any atom is -0.408 e. The van der Waals surface area contributed by atoms with E-state index in [0.717, 1.165) is 46.8 Å². The number of alkyl halides is 3. The Morgan fingerprint density at radius 1 is 0.415 bits per heavy atom. The number of nitriles is 3. The van der Waals surface area contributed by atoms with Crippen LogP contribution in [0.25, 0.3) is 78.8 Å². The molecule has 0 aliphatic rings. The van der Waals surface area contributed by atoms with Crippen molar-refractivity contribution in [2.75, 3.05) is 19.0 Å². The molecule has 16 aromatic rings. The van der Waals surface area contributed by atoms with Crippen LogP contribution in [0.2, 0.25) is 0 Å². The average molecular weight is 2550 g/mol. The Morgan fingerprint density at radius 3 is 1.25 bits per heavy atom. The van der Waals surface area contributed by atoms with Crippen molar-refractivity contribution < 1.29 is 133 Å². The summed E-state index contributed by atoms with van der Waals surface area (Å²) in [7, 11) is 3.72. The molecule has 13 heterocycles. The fourth-order valence-corrected chi connectivity index (χ4v) is 12.9. The molecular formula is C95H68F11N25Pt4. The number of imidazole rings is 1. The largest absolute Gasteiger partial charge is 2.00 e. The Kier molecular flexibility index (Phi) is 33.6. The third-order valence-corrected chi connectivity index (χ3v) is 20.4. The predicted molar refractivity (Wildman–Crippen MR) is 453 cm³/mol. The van der Waals surface area contributed by atoms with Crippen molar-refractivity contribution in [3.63, 3.8) is 0 Å². The summed E-state index contributed by atoms with van der Waals surface area (Å²) in [6.45, 7) is 28.4. The van der Waals surface area contributed by atoms with E-state index < -0.39 is 86.1 Å². The molecule has 25 nitrogen and oxygen atoms in total. The van der Waals surface area contributed by atoms with Gasteiger partial charge in [-0.1, -0.05) is 141 Å². The second-order valence-corrected chi connectivity index (χ2v) is 32.2. The second-order valence-electron chi connectivity index (χ2n) is 32.2. The van der Waals surface area contributed by atoms with E-state index in [4.69, 9.17) is 27.1 Å². The normalized spacial score (nSPS) is 11.3. The van der Waals surface area contributed by atoms with Gasteiger partial charge in [-0.05, 0) is 144 Å². The zero-order valence-corrected chi connectivity index (χ0v) is 81.9. The monoisotopic (exact) mass is 2550 g/mol. The van der Waals surface area contributed by atoms with Gasteiger partial charge in [0.15, 0.2) is 11.5 Å². The van der Waals surface area contributed by atoms with Crippen molar-refractivity contribution in [1.82, 2.24) is 99.1 Å². The quantitative estimate of drug-likeness (QED) is 0.0464. The molecule has 0 atom stereocenters. The Bertz CT molecular complexity index is 7180. The summed E-state index contributed by atoms with van der Waals surface area (Å²) in [5.41, 5.74) is 3.27. The number of hydrogen-bond donors (Lipinski definition) is 0. The summed E-state index contributed by atoms with van der Waals surface area (Å²) in [5.74, 6) is -6.32. The molecule has 0 aliphatic carbocycles. The van der Waals surface area contributed by atoms with Crippen LogP contribution in [0.5, 0.6) is 0 Å². The van der Waals surface area contributed by atoms with E-state index in [1.807, 2.05) is 136 Å². The first-order valence-corrected chi connectivity index (χ1v) is 39.3. The minimum absolute atomic E-state index is 0. The van der Waals surface area contributed by atoms with Gasteiger partial charge in [-0.3, -0.25) is 61.2 Å². The number of pyridine rings is 9. The molecule has 40 heteroatoms. The number of nitrogens with zero attached hydrogens (tertiary/aromatic N) is 25. The van der Waals surface area contributed by atoms with E-state index in [0.29, 0.717) is 80.1 Å². The van der Waals surface area contributed by atoms with Crippen LogP contribution >= 0.6 is 0 Å². The number of anilines is 1. The number of rotatable bonds is 17. The van der Waals surface area contributed by atoms with Gasteiger partial charge in [0.25, 0.3) is 0 Å². The molecule has 690 valence electrons. The molecule has 0 spiro atoms. The van der Waals surface area contributed by atoms with Crippen LogP contribution in [0.4, 0.5) is 59.7 Å². The first-order valence-electron chi connectivity index (χ1n) is 39.3. The zero-order chi connectivity index (χ0) is 94.4. The van der Waals surface area contributed by atoms with Gasteiger partial charge in [-0.15, -0.1) is 48.0 Å². The van der Waals surface area contributed by atoms with E-state index in [9.17, 15) is 49.2 Å². The summed E-state index contributed by atoms with van der Waals surface area (Å²) in [6.07, 6.45) is 2.97. The Hall–Kier alpha value is -13.6. The molecule has 16 rings (SSSR count). The summed E-state index contributed by atoms with van der Waals surface area (Å²) >= 11 is 0. The van der Waals surface area contributed by atoms with E-state index in [-0.39, 0.29) is 152 Å². The van der Waals surface area contributed by atoms with Gasteiger partial charge in [0, 0.05) is 141 Å². The summed E-state index contributed by atoms with van der Waals surface area (Å²) in [6, 6.07) is 61.2. The Morgan fingerprint density at radius 2 is 0.830 bits per heavy atom. The average Bonchev–Trinajstić information content (AvgIpc) is 1.73. The molecule has 0 bridgehead atoms. The number of aromatic nitrogens is 20. The van der Waals surface area contributed by atoms with Gasteiger partial charge in [0.05, 0.1) is 59.1 Å². The van der Waals surface area contributed by atoms with Gasteiger partial charge >= 0.3 is 90.4 Å². The fourth-order valence-electron chi connectivity index (χ4n) is 12.9. The Labute approximate surface area is 824 Å². The molecule has 0 N–H and O–H groups in total. The molecule has 0 radical (unpaired) electrons. The number of hydrogen-bond acceptors (Lipinski definition) is 20. The van der Waals surface area contributed by atoms with Gasteiger partial charge in [-0.25, -0.2) is 29.5 Å². The zero-order valence-electron chi connectivity index (χ0n) is 72.8.